The topological polar surface area (TPSA) is 38.3 Å². The first-order chi connectivity index (χ1) is 10.1. The summed E-state index contributed by atoms with van der Waals surface area (Å²) >= 11 is 0. The Morgan fingerprint density at radius 2 is 2.29 bits per heavy atom. The lowest BCUT2D eigenvalue weighted by Crippen LogP contribution is -2.50. The Morgan fingerprint density at radius 1 is 1.48 bits per heavy atom. The van der Waals surface area contributed by atoms with E-state index in [4.69, 9.17) is 4.74 Å². The number of halogens is 1. The first-order valence-electron chi connectivity index (χ1n) is 7.80. The highest BCUT2D eigenvalue weighted by Gasteiger charge is 2.43. The molecule has 116 valence electrons. The average Bonchev–Trinajstić information content (AvgIpc) is 2.47. The smallest absolute Gasteiger partial charge is 0.331 e. The van der Waals surface area contributed by atoms with Crippen LogP contribution in [0, 0.1) is 11.7 Å². The van der Waals surface area contributed by atoms with Crippen molar-refractivity contribution in [1.82, 2.24) is 0 Å². The van der Waals surface area contributed by atoms with Gasteiger partial charge >= 0.3 is 5.97 Å². The molecule has 0 amide bonds. The van der Waals surface area contributed by atoms with E-state index in [2.05, 4.69) is 12.2 Å². The Labute approximate surface area is 125 Å². The summed E-state index contributed by atoms with van der Waals surface area (Å²) in [6, 6.07) is 6.27. The van der Waals surface area contributed by atoms with Gasteiger partial charge in [0.15, 0.2) is 0 Å². The number of carbonyl (C=O) groups excluding carboxylic acids is 1. The monoisotopic (exact) mass is 293 g/mol. The van der Waals surface area contributed by atoms with E-state index in [1.165, 1.54) is 12.1 Å². The molecule has 0 aliphatic heterocycles. The predicted octanol–water partition coefficient (Wildman–Crippen LogP) is 4.14. The summed E-state index contributed by atoms with van der Waals surface area (Å²) in [5.41, 5.74) is -0.0808. The van der Waals surface area contributed by atoms with E-state index >= 15 is 0 Å². The number of benzene rings is 1. The predicted molar refractivity (Wildman–Crippen MR) is 81.6 cm³/mol. The molecule has 1 N–H and O–H groups in total. The number of hydrogen-bond acceptors (Lipinski definition) is 3. The van der Waals surface area contributed by atoms with Gasteiger partial charge in [-0.15, -0.1) is 0 Å². The lowest BCUT2D eigenvalue weighted by atomic mass is 9.74. The number of hydrogen-bond donors (Lipinski definition) is 1. The molecule has 2 unspecified atom stereocenters. The lowest BCUT2D eigenvalue weighted by Gasteiger charge is -2.40. The molecule has 1 saturated carbocycles. The van der Waals surface area contributed by atoms with E-state index < -0.39 is 5.54 Å². The van der Waals surface area contributed by atoms with Crippen molar-refractivity contribution >= 4 is 11.7 Å². The van der Waals surface area contributed by atoms with Gasteiger partial charge in [-0.2, -0.15) is 0 Å². The maximum atomic E-state index is 13.4. The number of rotatable bonds is 5. The van der Waals surface area contributed by atoms with Crippen LogP contribution in [0.3, 0.4) is 0 Å². The Kier molecular flexibility index (Phi) is 5.21. The molecule has 1 fully saturated rings. The Balaban J connectivity index is 2.25. The minimum absolute atomic E-state index is 0.215. The Bertz CT molecular complexity index is 491. The molecular weight excluding hydrogens is 269 g/mol. The summed E-state index contributed by atoms with van der Waals surface area (Å²) in [5.74, 6) is -0.0153. The first kappa shape index (κ1) is 15.8. The second-order valence-corrected chi connectivity index (χ2v) is 5.81. The zero-order chi connectivity index (χ0) is 15.3. The number of esters is 1. The van der Waals surface area contributed by atoms with Crippen molar-refractivity contribution in [1.29, 1.82) is 0 Å². The zero-order valence-corrected chi connectivity index (χ0v) is 12.8. The molecule has 1 aromatic carbocycles. The maximum absolute atomic E-state index is 13.4. The van der Waals surface area contributed by atoms with Gasteiger partial charge in [-0.3, -0.25) is 0 Å². The fraction of sp³-hybridized carbons (Fsp3) is 0.588. The van der Waals surface area contributed by atoms with Gasteiger partial charge in [0, 0.05) is 5.69 Å². The van der Waals surface area contributed by atoms with Gasteiger partial charge in [-0.25, -0.2) is 9.18 Å². The summed E-state index contributed by atoms with van der Waals surface area (Å²) in [5, 5.41) is 3.27. The summed E-state index contributed by atoms with van der Waals surface area (Å²) in [6.45, 7) is 4.32. The summed E-state index contributed by atoms with van der Waals surface area (Å²) in [7, 11) is 0. The molecule has 4 heteroatoms. The Hall–Kier alpha value is -1.58. The molecule has 1 aliphatic rings. The highest BCUT2D eigenvalue weighted by atomic mass is 19.1. The third kappa shape index (κ3) is 3.74. The van der Waals surface area contributed by atoms with E-state index in [1.54, 1.807) is 12.1 Å². The molecule has 2 rings (SSSR count). The van der Waals surface area contributed by atoms with Gasteiger partial charge in [0.25, 0.3) is 0 Å². The molecule has 0 bridgehead atoms. The van der Waals surface area contributed by atoms with E-state index in [-0.39, 0.29) is 11.8 Å². The van der Waals surface area contributed by atoms with Gasteiger partial charge in [-0.1, -0.05) is 32.3 Å². The molecule has 0 aromatic heterocycles. The number of carbonyl (C=O) groups is 1. The average molecular weight is 293 g/mol. The first-order valence-corrected chi connectivity index (χ1v) is 7.80. The lowest BCUT2D eigenvalue weighted by molar-refractivity contribution is -0.150. The van der Waals surface area contributed by atoms with Crippen LogP contribution in [-0.2, 0) is 9.53 Å². The van der Waals surface area contributed by atoms with Crippen molar-refractivity contribution in [3.63, 3.8) is 0 Å². The second kappa shape index (κ2) is 6.92. The largest absolute Gasteiger partial charge is 0.464 e. The minimum atomic E-state index is -0.720. The van der Waals surface area contributed by atoms with Gasteiger partial charge < -0.3 is 10.1 Å². The van der Waals surface area contributed by atoms with E-state index in [9.17, 15) is 9.18 Å². The van der Waals surface area contributed by atoms with Crippen LogP contribution in [0.5, 0.6) is 0 Å². The quantitative estimate of drug-likeness (QED) is 0.829. The standard InChI is InChI=1S/C17H24FNO2/c1-3-13-7-6-10-17(12-13,16(20)21-4-2)19-15-9-5-8-14(18)11-15/h5,8-9,11,13,19H,3-4,6-7,10,12H2,1-2H3. The van der Waals surface area contributed by atoms with Crippen LogP contribution in [0.15, 0.2) is 24.3 Å². The van der Waals surface area contributed by atoms with E-state index in [0.29, 0.717) is 18.2 Å². The minimum Gasteiger partial charge on any atom is -0.464 e. The van der Waals surface area contributed by atoms with Gasteiger partial charge in [-0.05, 0) is 43.9 Å². The molecule has 0 radical (unpaired) electrons. The van der Waals surface area contributed by atoms with Crippen LogP contribution in [0.1, 0.15) is 46.0 Å². The van der Waals surface area contributed by atoms with Crippen molar-refractivity contribution in [2.45, 2.75) is 51.5 Å². The molecule has 3 nitrogen and oxygen atoms in total. The SMILES string of the molecule is CCOC(=O)C1(Nc2cccc(F)c2)CCCC(CC)C1. The fourth-order valence-corrected chi connectivity index (χ4v) is 3.20. The molecule has 1 aliphatic carbocycles. The van der Waals surface area contributed by atoms with Crippen LogP contribution in [-0.4, -0.2) is 18.1 Å². The summed E-state index contributed by atoms with van der Waals surface area (Å²) < 4.78 is 18.7. The van der Waals surface area contributed by atoms with E-state index in [1.807, 2.05) is 6.92 Å². The van der Waals surface area contributed by atoms with Crippen LogP contribution in [0.25, 0.3) is 0 Å². The third-order valence-corrected chi connectivity index (χ3v) is 4.30. The second-order valence-electron chi connectivity index (χ2n) is 5.81. The van der Waals surface area contributed by atoms with Crippen molar-refractivity contribution in [3.8, 4) is 0 Å². The van der Waals surface area contributed by atoms with Crippen LogP contribution in [0.2, 0.25) is 0 Å². The van der Waals surface area contributed by atoms with Crippen molar-refractivity contribution in [2.75, 3.05) is 11.9 Å². The molecule has 21 heavy (non-hydrogen) atoms. The number of anilines is 1. The molecule has 1 aromatic rings. The maximum Gasteiger partial charge on any atom is 0.331 e. The van der Waals surface area contributed by atoms with Crippen molar-refractivity contribution in [2.24, 2.45) is 5.92 Å². The van der Waals surface area contributed by atoms with Gasteiger partial charge in [0.1, 0.15) is 11.4 Å². The summed E-state index contributed by atoms with van der Waals surface area (Å²) in [6.07, 6.45) is 4.66. The zero-order valence-electron chi connectivity index (χ0n) is 12.8. The third-order valence-electron chi connectivity index (χ3n) is 4.30. The highest BCUT2D eigenvalue weighted by Crippen LogP contribution is 2.37. The van der Waals surface area contributed by atoms with Gasteiger partial charge in [0.05, 0.1) is 6.61 Å². The number of ether oxygens (including phenoxy) is 1. The molecular formula is C17H24FNO2. The van der Waals surface area contributed by atoms with Gasteiger partial charge in [0.2, 0.25) is 0 Å². The van der Waals surface area contributed by atoms with Crippen LogP contribution >= 0.6 is 0 Å². The highest BCUT2D eigenvalue weighted by molar-refractivity contribution is 5.84. The molecule has 0 spiro atoms. The Morgan fingerprint density at radius 3 is 2.95 bits per heavy atom. The normalized spacial score (nSPS) is 25.4. The number of nitrogens with one attached hydrogen (secondary N) is 1. The van der Waals surface area contributed by atoms with Crippen molar-refractivity contribution in [3.05, 3.63) is 30.1 Å². The molecule has 0 heterocycles. The summed E-state index contributed by atoms with van der Waals surface area (Å²) in [4.78, 5) is 12.5. The van der Waals surface area contributed by atoms with Crippen LogP contribution in [0.4, 0.5) is 10.1 Å². The molecule has 2 atom stereocenters. The van der Waals surface area contributed by atoms with E-state index in [0.717, 1.165) is 32.1 Å². The fourth-order valence-electron chi connectivity index (χ4n) is 3.20. The van der Waals surface area contributed by atoms with Crippen LogP contribution < -0.4 is 5.32 Å². The molecule has 0 saturated heterocycles. The van der Waals surface area contributed by atoms with Crippen molar-refractivity contribution < 1.29 is 13.9 Å².